The van der Waals surface area contributed by atoms with Gasteiger partial charge in [-0.3, -0.25) is 0 Å². The van der Waals surface area contributed by atoms with Crippen LogP contribution in [-0.2, 0) is 13.0 Å². The van der Waals surface area contributed by atoms with Crippen molar-refractivity contribution in [3.8, 4) is 5.75 Å². The normalized spacial score (nSPS) is 14.7. The van der Waals surface area contributed by atoms with Gasteiger partial charge in [-0.25, -0.2) is 4.79 Å². The number of benzene rings is 1. The summed E-state index contributed by atoms with van der Waals surface area (Å²) in [6.45, 7) is 3.31. The second kappa shape index (κ2) is 3.55. The molecule has 0 fully saturated rings. The molecule has 1 aliphatic rings. The number of hydrogen-bond acceptors (Lipinski definition) is 3. The number of aromatic carboxylic acids is 1. The molecule has 0 amide bonds. The minimum Gasteiger partial charge on any atom is -0.507 e. The second-order valence-corrected chi connectivity index (χ2v) is 3.77. The number of phenols is 1. The predicted octanol–water partition coefficient (Wildman–Crippen LogP) is 1.04. The maximum atomic E-state index is 11.0. The first-order chi connectivity index (χ1) is 7.11. The molecule has 1 aliphatic heterocycles. The number of hydrogen-bond donors (Lipinski definition) is 3. The Morgan fingerprint density at radius 1 is 1.53 bits per heavy atom. The molecule has 0 radical (unpaired) electrons. The summed E-state index contributed by atoms with van der Waals surface area (Å²) in [4.78, 5) is 11.0. The minimum atomic E-state index is -1.06. The Bertz CT molecular complexity index is 426. The average molecular weight is 207 g/mol. The fourth-order valence-electron chi connectivity index (χ4n) is 2.12. The van der Waals surface area contributed by atoms with Gasteiger partial charge in [-0.15, -0.1) is 0 Å². The van der Waals surface area contributed by atoms with E-state index in [2.05, 4.69) is 5.32 Å². The van der Waals surface area contributed by atoms with Gasteiger partial charge < -0.3 is 15.5 Å². The van der Waals surface area contributed by atoms with E-state index in [1.165, 1.54) is 0 Å². The van der Waals surface area contributed by atoms with Crippen LogP contribution in [-0.4, -0.2) is 22.7 Å². The average Bonchev–Trinajstić information content (AvgIpc) is 2.17. The molecule has 2 rings (SSSR count). The van der Waals surface area contributed by atoms with Gasteiger partial charge in [-0.2, -0.15) is 0 Å². The van der Waals surface area contributed by atoms with E-state index in [0.717, 1.165) is 24.1 Å². The highest BCUT2D eigenvalue weighted by atomic mass is 16.4. The van der Waals surface area contributed by atoms with E-state index in [4.69, 9.17) is 5.11 Å². The third-order valence-corrected chi connectivity index (χ3v) is 2.86. The fraction of sp³-hybridized carbons (Fsp3) is 0.364. The van der Waals surface area contributed by atoms with E-state index >= 15 is 0 Å². The van der Waals surface area contributed by atoms with Gasteiger partial charge in [0.2, 0.25) is 0 Å². The SMILES string of the molecule is Cc1c2c(cc(O)c1C(=O)O)CNCC2. The molecule has 0 unspecified atom stereocenters. The van der Waals surface area contributed by atoms with Crippen molar-refractivity contribution in [2.45, 2.75) is 19.9 Å². The Hall–Kier alpha value is -1.55. The predicted molar refractivity (Wildman–Crippen MR) is 55.2 cm³/mol. The third kappa shape index (κ3) is 1.57. The lowest BCUT2D eigenvalue weighted by Crippen LogP contribution is -2.25. The van der Waals surface area contributed by atoms with Gasteiger partial charge in [0.05, 0.1) is 0 Å². The topological polar surface area (TPSA) is 69.6 Å². The van der Waals surface area contributed by atoms with Crippen LogP contribution in [0, 0.1) is 6.92 Å². The first kappa shape index (κ1) is 9.98. The zero-order valence-electron chi connectivity index (χ0n) is 8.50. The molecule has 1 aromatic rings. The lowest BCUT2D eigenvalue weighted by atomic mass is 9.92. The smallest absolute Gasteiger partial charge is 0.339 e. The van der Waals surface area contributed by atoms with E-state index in [9.17, 15) is 9.90 Å². The summed E-state index contributed by atoms with van der Waals surface area (Å²) in [6, 6.07) is 1.55. The van der Waals surface area contributed by atoms with Gasteiger partial charge in [-0.1, -0.05) is 0 Å². The van der Waals surface area contributed by atoms with Gasteiger partial charge in [0.15, 0.2) is 0 Å². The molecular weight excluding hydrogens is 194 g/mol. The van der Waals surface area contributed by atoms with Crippen LogP contribution in [0.2, 0.25) is 0 Å². The molecule has 0 spiro atoms. The van der Waals surface area contributed by atoms with E-state index < -0.39 is 5.97 Å². The minimum absolute atomic E-state index is 0.0376. The van der Waals surface area contributed by atoms with Crippen LogP contribution < -0.4 is 5.32 Å². The molecule has 80 valence electrons. The zero-order valence-corrected chi connectivity index (χ0v) is 8.50. The molecule has 0 saturated heterocycles. The molecule has 1 heterocycles. The number of nitrogens with one attached hydrogen (secondary N) is 1. The quantitative estimate of drug-likeness (QED) is 0.643. The molecule has 0 atom stereocenters. The van der Waals surface area contributed by atoms with Crippen LogP contribution in [0.15, 0.2) is 6.07 Å². The molecule has 0 aliphatic carbocycles. The lowest BCUT2D eigenvalue weighted by Gasteiger charge is -2.21. The number of aromatic hydroxyl groups is 1. The maximum absolute atomic E-state index is 11.0. The standard InChI is InChI=1S/C11H13NO3/c1-6-8-2-3-12-5-7(8)4-9(13)10(6)11(14)15/h4,12-13H,2-3,5H2,1H3,(H,14,15). The molecule has 0 aromatic heterocycles. The third-order valence-electron chi connectivity index (χ3n) is 2.86. The summed E-state index contributed by atoms with van der Waals surface area (Å²) in [5, 5.41) is 21.8. The van der Waals surface area contributed by atoms with Crippen LogP contribution >= 0.6 is 0 Å². The summed E-state index contributed by atoms with van der Waals surface area (Å²) < 4.78 is 0. The lowest BCUT2D eigenvalue weighted by molar-refractivity contribution is 0.0692. The Morgan fingerprint density at radius 2 is 2.27 bits per heavy atom. The summed E-state index contributed by atoms with van der Waals surface area (Å²) in [6.07, 6.45) is 0.821. The number of fused-ring (bicyclic) bond motifs is 1. The van der Waals surface area contributed by atoms with E-state index in [0.29, 0.717) is 12.1 Å². The number of rotatable bonds is 1. The first-order valence-electron chi connectivity index (χ1n) is 4.89. The van der Waals surface area contributed by atoms with Crippen LogP contribution in [0.5, 0.6) is 5.75 Å². The Balaban J connectivity index is 2.64. The van der Waals surface area contributed by atoms with Gasteiger partial charge in [0.25, 0.3) is 0 Å². The largest absolute Gasteiger partial charge is 0.507 e. The van der Waals surface area contributed by atoms with Crippen LogP contribution in [0.4, 0.5) is 0 Å². The number of carboxylic acid groups (broad SMARTS) is 1. The van der Waals surface area contributed by atoms with Gasteiger partial charge in [0.1, 0.15) is 11.3 Å². The molecule has 0 saturated carbocycles. The fourth-order valence-corrected chi connectivity index (χ4v) is 2.12. The van der Waals surface area contributed by atoms with E-state index in [1.54, 1.807) is 13.0 Å². The van der Waals surface area contributed by atoms with Gasteiger partial charge in [0, 0.05) is 6.54 Å². The summed E-state index contributed by atoms with van der Waals surface area (Å²) in [5.41, 5.74) is 2.79. The van der Waals surface area contributed by atoms with Crippen molar-refractivity contribution in [1.82, 2.24) is 5.32 Å². The second-order valence-electron chi connectivity index (χ2n) is 3.77. The molecule has 15 heavy (non-hydrogen) atoms. The molecule has 4 nitrogen and oxygen atoms in total. The van der Waals surface area contributed by atoms with Gasteiger partial charge >= 0.3 is 5.97 Å². The monoisotopic (exact) mass is 207 g/mol. The van der Waals surface area contributed by atoms with E-state index in [-0.39, 0.29) is 11.3 Å². The Labute approximate surface area is 87.6 Å². The maximum Gasteiger partial charge on any atom is 0.339 e. The van der Waals surface area contributed by atoms with Crippen molar-refractivity contribution in [1.29, 1.82) is 0 Å². The van der Waals surface area contributed by atoms with Crippen molar-refractivity contribution < 1.29 is 15.0 Å². The summed E-state index contributed by atoms with van der Waals surface area (Å²) in [5.74, 6) is -1.20. The highest BCUT2D eigenvalue weighted by Crippen LogP contribution is 2.29. The van der Waals surface area contributed by atoms with E-state index in [1.807, 2.05) is 0 Å². The highest BCUT2D eigenvalue weighted by Gasteiger charge is 2.20. The zero-order chi connectivity index (χ0) is 11.0. The molecule has 3 N–H and O–H groups in total. The number of carbonyl (C=O) groups is 1. The van der Waals surface area contributed by atoms with Crippen molar-refractivity contribution in [2.75, 3.05) is 6.54 Å². The summed E-state index contributed by atoms with van der Waals surface area (Å²) >= 11 is 0. The Kier molecular flexibility index (Phi) is 2.36. The Morgan fingerprint density at radius 3 is 2.93 bits per heavy atom. The highest BCUT2D eigenvalue weighted by molar-refractivity contribution is 5.93. The van der Waals surface area contributed by atoms with Crippen molar-refractivity contribution in [2.24, 2.45) is 0 Å². The number of carboxylic acids is 1. The van der Waals surface area contributed by atoms with Crippen LogP contribution in [0.1, 0.15) is 27.0 Å². The summed E-state index contributed by atoms with van der Waals surface area (Å²) in [7, 11) is 0. The van der Waals surface area contributed by atoms with Crippen LogP contribution in [0.3, 0.4) is 0 Å². The van der Waals surface area contributed by atoms with Gasteiger partial charge in [-0.05, 0) is 42.6 Å². The molecule has 1 aromatic carbocycles. The van der Waals surface area contributed by atoms with Crippen molar-refractivity contribution >= 4 is 5.97 Å². The van der Waals surface area contributed by atoms with Crippen molar-refractivity contribution in [3.63, 3.8) is 0 Å². The first-order valence-corrected chi connectivity index (χ1v) is 4.89. The molecule has 4 heteroatoms. The van der Waals surface area contributed by atoms with Crippen molar-refractivity contribution in [3.05, 3.63) is 28.3 Å². The molecular formula is C11H13NO3. The molecule has 0 bridgehead atoms. The van der Waals surface area contributed by atoms with Crippen LogP contribution in [0.25, 0.3) is 0 Å².